The van der Waals surface area contributed by atoms with E-state index in [-0.39, 0.29) is 11.9 Å². The van der Waals surface area contributed by atoms with E-state index in [1.54, 1.807) is 0 Å². The molecular weight excluding hydrogens is 214 g/mol. The molecular formula is C13H27N3O. The Hall–Kier alpha value is -0.610. The first-order valence-electron chi connectivity index (χ1n) is 6.73. The predicted octanol–water partition coefficient (Wildman–Crippen LogP) is 0.688. The number of rotatable bonds is 5. The number of amides is 1. The molecule has 1 saturated heterocycles. The van der Waals surface area contributed by atoms with Crippen LogP contribution in [0.3, 0.4) is 0 Å². The van der Waals surface area contributed by atoms with Crippen LogP contribution in [0.1, 0.15) is 27.7 Å². The summed E-state index contributed by atoms with van der Waals surface area (Å²) in [6.45, 7) is 12.9. The lowest BCUT2D eigenvalue weighted by atomic mass is 10.1. The van der Waals surface area contributed by atoms with Gasteiger partial charge in [0.15, 0.2) is 0 Å². The molecule has 0 bridgehead atoms. The van der Waals surface area contributed by atoms with Crippen LogP contribution in [-0.2, 0) is 4.79 Å². The SMILES string of the molecule is CC(C)CN(CC(C)C)C(=O)C1CNCCN1. The van der Waals surface area contributed by atoms with Gasteiger partial charge in [-0.15, -0.1) is 0 Å². The quantitative estimate of drug-likeness (QED) is 0.744. The third kappa shape index (κ3) is 5.04. The zero-order chi connectivity index (χ0) is 12.8. The largest absolute Gasteiger partial charge is 0.341 e. The van der Waals surface area contributed by atoms with Gasteiger partial charge in [-0.2, -0.15) is 0 Å². The van der Waals surface area contributed by atoms with Crippen molar-refractivity contribution in [3.63, 3.8) is 0 Å². The zero-order valence-electron chi connectivity index (χ0n) is 11.6. The van der Waals surface area contributed by atoms with Crippen LogP contribution in [-0.4, -0.2) is 49.6 Å². The van der Waals surface area contributed by atoms with Crippen molar-refractivity contribution in [2.24, 2.45) is 11.8 Å². The number of carbonyl (C=O) groups excluding carboxylic acids is 1. The van der Waals surface area contributed by atoms with E-state index >= 15 is 0 Å². The number of hydrogen-bond acceptors (Lipinski definition) is 3. The summed E-state index contributed by atoms with van der Waals surface area (Å²) in [5, 5.41) is 6.56. The fourth-order valence-corrected chi connectivity index (χ4v) is 2.18. The Morgan fingerprint density at radius 1 is 1.18 bits per heavy atom. The lowest BCUT2D eigenvalue weighted by Gasteiger charge is -2.32. The number of piperazine rings is 1. The molecule has 1 aliphatic heterocycles. The van der Waals surface area contributed by atoms with Gasteiger partial charge >= 0.3 is 0 Å². The summed E-state index contributed by atoms with van der Waals surface area (Å²) < 4.78 is 0. The third-order valence-corrected chi connectivity index (χ3v) is 2.82. The molecule has 0 aromatic rings. The summed E-state index contributed by atoms with van der Waals surface area (Å²) in [5.74, 6) is 1.29. The molecule has 1 atom stereocenters. The van der Waals surface area contributed by atoms with Crippen molar-refractivity contribution in [2.45, 2.75) is 33.7 Å². The van der Waals surface area contributed by atoms with E-state index in [0.29, 0.717) is 11.8 Å². The van der Waals surface area contributed by atoms with Crippen LogP contribution < -0.4 is 10.6 Å². The predicted molar refractivity (Wildman–Crippen MR) is 70.9 cm³/mol. The number of nitrogens with zero attached hydrogens (tertiary/aromatic N) is 1. The molecule has 1 amide bonds. The number of nitrogens with one attached hydrogen (secondary N) is 2. The maximum atomic E-state index is 12.4. The minimum Gasteiger partial charge on any atom is -0.341 e. The molecule has 100 valence electrons. The maximum Gasteiger partial charge on any atom is 0.241 e. The molecule has 1 fully saturated rings. The van der Waals surface area contributed by atoms with E-state index in [0.717, 1.165) is 32.7 Å². The molecule has 0 aromatic carbocycles. The highest BCUT2D eigenvalue weighted by Gasteiger charge is 2.26. The van der Waals surface area contributed by atoms with Crippen LogP contribution in [0.15, 0.2) is 0 Å². The van der Waals surface area contributed by atoms with Crippen molar-refractivity contribution in [3.8, 4) is 0 Å². The minimum absolute atomic E-state index is 0.0405. The molecule has 1 unspecified atom stereocenters. The van der Waals surface area contributed by atoms with Crippen LogP contribution in [0.2, 0.25) is 0 Å². The molecule has 4 heteroatoms. The third-order valence-electron chi connectivity index (χ3n) is 2.82. The summed E-state index contributed by atoms with van der Waals surface area (Å²) in [6, 6.07) is -0.0405. The molecule has 4 nitrogen and oxygen atoms in total. The Balaban J connectivity index is 2.56. The highest BCUT2D eigenvalue weighted by molar-refractivity contribution is 5.82. The summed E-state index contributed by atoms with van der Waals surface area (Å²) in [5.41, 5.74) is 0. The molecule has 17 heavy (non-hydrogen) atoms. The van der Waals surface area contributed by atoms with E-state index in [1.807, 2.05) is 4.90 Å². The van der Waals surface area contributed by atoms with E-state index in [9.17, 15) is 4.79 Å². The zero-order valence-corrected chi connectivity index (χ0v) is 11.6. The van der Waals surface area contributed by atoms with Crippen molar-refractivity contribution < 1.29 is 4.79 Å². The highest BCUT2D eigenvalue weighted by atomic mass is 16.2. The average Bonchev–Trinajstić information content (AvgIpc) is 2.27. The molecule has 1 aliphatic rings. The van der Waals surface area contributed by atoms with Crippen LogP contribution in [0, 0.1) is 11.8 Å². The topological polar surface area (TPSA) is 44.4 Å². The molecule has 1 rings (SSSR count). The van der Waals surface area contributed by atoms with E-state index in [2.05, 4.69) is 38.3 Å². The van der Waals surface area contributed by atoms with E-state index in [4.69, 9.17) is 0 Å². The summed E-state index contributed by atoms with van der Waals surface area (Å²) >= 11 is 0. The standard InChI is InChI=1S/C13H27N3O/c1-10(2)8-16(9-11(3)4)13(17)12-7-14-5-6-15-12/h10-12,14-15H,5-9H2,1-4H3. The second kappa shape index (κ2) is 6.97. The monoisotopic (exact) mass is 241 g/mol. The van der Waals surface area contributed by atoms with Gasteiger partial charge in [0.25, 0.3) is 0 Å². The summed E-state index contributed by atoms with van der Waals surface area (Å²) in [7, 11) is 0. The van der Waals surface area contributed by atoms with Gasteiger partial charge in [-0.05, 0) is 11.8 Å². The Kier molecular flexibility index (Phi) is 5.92. The van der Waals surface area contributed by atoms with Crippen molar-refractivity contribution in [2.75, 3.05) is 32.7 Å². The van der Waals surface area contributed by atoms with Crippen molar-refractivity contribution in [3.05, 3.63) is 0 Å². The van der Waals surface area contributed by atoms with Crippen LogP contribution in [0.5, 0.6) is 0 Å². The fourth-order valence-electron chi connectivity index (χ4n) is 2.18. The summed E-state index contributed by atoms with van der Waals surface area (Å²) in [6.07, 6.45) is 0. The van der Waals surface area contributed by atoms with E-state index < -0.39 is 0 Å². The smallest absolute Gasteiger partial charge is 0.241 e. The van der Waals surface area contributed by atoms with Gasteiger partial charge in [0.2, 0.25) is 5.91 Å². The van der Waals surface area contributed by atoms with Gasteiger partial charge in [0.1, 0.15) is 0 Å². The first kappa shape index (κ1) is 14.5. The molecule has 0 aromatic heterocycles. The first-order valence-corrected chi connectivity index (χ1v) is 6.73. The van der Waals surface area contributed by atoms with Crippen LogP contribution in [0.25, 0.3) is 0 Å². The molecule has 0 radical (unpaired) electrons. The maximum absolute atomic E-state index is 12.4. The summed E-state index contributed by atoms with van der Waals surface area (Å²) in [4.78, 5) is 14.4. The van der Waals surface area contributed by atoms with Gasteiger partial charge in [0, 0.05) is 32.7 Å². The minimum atomic E-state index is -0.0405. The van der Waals surface area contributed by atoms with Gasteiger partial charge in [-0.1, -0.05) is 27.7 Å². The Morgan fingerprint density at radius 2 is 1.76 bits per heavy atom. The lowest BCUT2D eigenvalue weighted by molar-refractivity contribution is -0.134. The van der Waals surface area contributed by atoms with Gasteiger partial charge < -0.3 is 15.5 Å². The lowest BCUT2D eigenvalue weighted by Crippen LogP contribution is -2.57. The molecule has 2 N–H and O–H groups in total. The highest BCUT2D eigenvalue weighted by Crippen LogP contribution is 2.06. The van der Waals surface area contributed by atoms with Gasteiger partial charge in [-0.25, -0.2) is 0 Å². The van der Waals surface area contributed by atoms with E-state index in [1.165, 1.54) is 0 Å². The molecule has 0 aliphatic carbocycles. The normalized spacial score (nSPS) is 20.9. The van der Waals surface area contributed by atoms with Crippen LogP contribution >= 0.6 is 0 Å². The molecule has 1 heterocycles. The number of hydrogen-bond donors (Lipinski definition) is 2. The van der Waals surface area contributed by atoms with Crippen molar-refractivity contribution in [1.82, 2.24) is 15.5 Å². The van der Waals surface area contributed by atoms with Crippen LogP contribution in [0.4, 0.5) is 0 Å². The average molecular weight is 241 g/mol. The number of carbonyl (C=O) groups is 1. The van der Waals surface area contributed by atoms with Gasteiger partial charge in [0.05, 0.1) is 6.04 Å². The second-order valence-electron chi connectivity index (χ2n) is 5.74. The van der Waals surface area contributed by atoms with Crippen molar-refractivity contribution >= 4 is 5.91 Å². The van der Waals surface area contributed by atoms with Gasteiger partial charge in [-0.3, -0.25) is 4.79 Å². The molecule has 0 saturated carbocycles. The Labute approximate surface area is 105 Å². The first-order chi connectivity index (χ1) is 8.00. The molecule has 0 spiro atoms. The van der Waals surface area contributed by atoms with Crippen molar-refractivity contribution in [1.29, 1.82) is 0 Å². The fraction of sp³-hybridized carbons (Fsp3) is 0.923. The Bertz CT molecular complexity index is 225. The second-order valence-corrected chi connectivity index (χ2v) is 5.74. The Morgan fingerprint density at radius 3 is 2.18 bits per heavy atom.